The van der Waals surface area contributed by atoms with E-state index >= 15 is 0 Å². The maximum absolute atomic E-state index is 12.7. The number of sulfone groups is 1. The van der Waals surface area contributed by atoms with Crippen LogP contribution in [-0.2, 0) is 16.3 Å². The average Bonchev–Trinajstić information content (AvgIpc) is 2.78. The molecule has 0 saturated heterocycles. The normalized spacial score (nSPS) is 10.9. The second-order valence-corrected chi connectivity index (χ2v) is 9.35. The quantitative estimate of drug-likeness (QED) is 0.375. The summed E-state index contributed by atoms with van der Waals surface area (Å²) in [5.74, 6) is -0.442. The van der Waals surface area contributed by atoms with Crippen LogP contribution in [-0.4, -0.2) is 26.0 Å². The molecule has 0 aromatic heterocycles. The third kappa shape index (κ3) is 6.27. The first-order chi connectivity index (χ1) is 14.9. The minimum absolute atomic E-state index is 0.0810. The summed E-state index contributed by atoms with van der Waals surface area (Å²) in [6.07, 6.45) is 0.792. The molecule has 0 fully saturated rings. The van der Waals surface area contributed by atoms with Gasteiger partial charge < -0.3 is 5.32 Å². The van der Waals surface area contributed by atoms with E-state index in [1.165, 1.54) is 54.1 Å². The lowest BCUT2D eigenvalue weighted by Crippen LogP contribution is -2.47. The SMILES string of the molecule is O=C(NNC(=S)NCCc1ccccc1)c1ccc(S(=O)(=O)c2ccc(Cl)cc2)cc1. The monoisotopic (exact) mass is 473 g/mol. The van der Waals surface area contributed by atoms with Gasteiger partial charge in [-0.1, -0.05) is 41.9 Å². The van der Waals surface area contributed by atoms with Crippen LogP contribution >= 0.6 is 23.8 Å². The number of rotatable bonds is 6. The fourth-order valence-electron chi connectivity index (χ4n) is 2.73. The lowest BCUT2D eigenvalue weighted by atomic mass is 10.1. The number of nitrogens with one attached hydrogen (secondary N) is 3. The van der Waals surface area contributed by atoms with Gasteiger partial charge in [-0.05, 0) is 72.7 Å². The molecule has 160 valence electrons. The highest BCUT2D eigenvalue weighted by Gasteiger charge is 2.18. The molecule has 0 saturated carbocycles. The van der Waals surface area contributed by atoms with Gasteiger partial charge >= 0.3 is 0 Å². The highest BCUT2D eigenvalue weighted by molar-refractivity contribution is 7.91. The van der Waals surface area contributed by atoms with E-state index in [0.717, 1.165) is 6.42 Å². The maximum Gasteiger partial charge on any atom is 0.269 e. The Balaban J connectivity index is 1.51. The van der Waals surface area contributed by atoms with Gasteiger partial charge in [0.05, 0.1) is 9.79 Å². The summed E-state index contributed by atoms with van der Waals surface area (Å²) in [5.41, 5.74) is 6.58. The van der Waals surface area contributed by atoms with E-state index in [1.807, 2.05) is 30.3 Å². The van der Waals surface area contributed by atoms with Gasteiger partial charge in [-0.2, -0.15) is 0 Å². The molecule has 0 bridgehead atoms. The van der Waals surface area contributed by atoms with Crippen LogP contribution in [0, 0.1) is 0 Å². The molecule has 0 unspecified atom stereocenters. The first kappa shape index (κ1) is 22.7. The van der Waals surface area contributed by atoms with Gasteiger partial charge in [-0.25, -0.2) is 8.42 Å². The summed E-state index contributed by atoms with van der Waals surface area (Å²) < 4.78 is 25.3. The summed E-state index contributed by atoms with van der Waals surface area (Å²) >= 11 is 11.0. The van der Waals surface area contributed by atoms with E-state index in [-0.39, 0.29) is 20.5 Å². The fourth-order valence-corrected chi connectivity index (χ4v) is 4.27. The Bertz CT molecular complexity index is 1150. The Morgan fingerprint density at radius 2 is 1.42 bits per heavy atom. The topological polar surface area (TPSA) is 87.3 Å². The largest absolute Gasteiger partial charge is 0.361 e. The van der Waals surface area contributed by atoms with Crippen molar-refractivity contribution < 1.29 is 13.2 Å². The zero-order valence-electron chi connectivity index (χ0n) is 16.3. The van der Waals surface area contributed by atoms with Gasteiger partial charge in [-0.15, -0.1) is 0 Å². The third-order valence-electron chi connectivity index (χ3n) is 4.38. The van der Waals surface area contributed by atoms with Gasteiger partial charge in [0, 0.05) is 17.1 Å². The highest BCUT2D eigenvalue weighted by atomic mass is 35.5. The molecule has 0 aliphatic heterocycles. The van der Waals surface area contributed by atoms with Crippen LogP contribution in [0.5, 0.6) is 0 Å². The van der Waals surface area contributed by atoms with Crippen molar-refractivity contribution >= 4 is 44.7 Å². The number of carbonyl (C=O) groups excluding carboxylic acids is 1. The van der Waals surface area contributed by atoms with E-state index in [4.69, 9.17) is 23.8 Å². The fraction of sp³-hybridized carbons (Fsp3) is 0.0909. The molecule has 6 nitrogen and oxygen atoms in total. The molecule has 0 aliphatic rings. The number of thiocarbonyl (C=S) groups is 1. The highest BCUT2D eigenvalue weighted by Crippen LogP contribution is 2.22. The maximum atomic E-state index is 12.7. The molecular weight excluding hydrogens is 454 g/mol. The minimum atomic E-state index is -3.69. The number of hydrazine groups is 1. The minimum Gasteiger partial charge on any atom is -0.361 e. The summed E-state index contributed by atoms with van der Waals surface area (Å²) in [4.78, 5) is 12.5. The molecule has 3 aromatic carbocycles. The standard InChI is InChI=1S/C22H20ClN3O3S2/c23-18-8-12-20(13-9-18)31(28,29)19-10-6-17(7-11-19)21(27)25-26-22(30)24-15-14-16-4-2-1-3-5-16/h1-13H,14-15H2,(H,25,27)(H2,24,26,30). The van der Waals surface area contributed by atoms with E-state index in [9.17, 15) is 13.2 Å². The molecule has 0 heterocycles. The summed E-state index contributed by atoms with van der Waals surface area (Å²) in [6.45, 7) is 0.614. The van der Waals surface area contributed by atoms with E-state index in [1.54, 1.807) is 0 Å². The van der Waals surface area contributed by atoms with Crippen molar-refractivity contribution in [2.75, 3.05) is 6.54 Å². The van der Waals surface area contributed by atoms with Crippen molar-refractivity contribution in [1.29, 1.82) is 0 Å². The van der Waals surface area contributed by atoms with Gasteiger partial charge in [-0.3, -0.25) is 15.6 Å². The van der Waals surface area contributed by atoms with Crippen LogP contribution in [0.3, 0.4) is 0 Å². The summed E-state index contributed by atoms with van der Waals surface area (Å²) in [7, 11) is -3.69. The van der Waals surface area contributed by atoms with Crippen LogP contribution in [0.25, 0.3) is 0 Å². The Labute approximate surface area is 191 Å². The van der Waals surface area contributed by atoms with Crippen LogP contribution < -0.4 is 16.2 Å². The second kappa shape index (κ2) is 10.4. The number of halogens is 1. The number of amides is 1. The zero-order valence-corrected chi connectivity index (χ0v) is 18.7. The van der Waals surface area contributed by atoms with Crippen molar-refractivity contribution in [3.05, 3.63) is 95.0 Å². The second-order valence-electron chi connectivity index (χ2n) is 6.55. The number of hydrogen-bond acceptors (Lipinski definition) is 4. The van der Waals surface area contributed by atoms with Crippen LogP contribution in [0.2, 0.25) is 5.02 Å². The summed E-state index contributed by atoms with van der Waals surface area (Å²) in [5, 5.41) is 3.74. The molecule has 3 rings (SSSR count). The summed E-state index contributed by atoms with van der Waals surface area (Å²) in [6, 6.07) is 21.5. The third-order valence-corrected chi connectivity index (χ3v) is 6.67. The molecular formula is C22H20ClN3O3S2. The Kier molecular flexibility index (Phi) is 7.62. The van der Waals surface area contributed by atoms with Gasteiger partial charge in [0.2, 0.25) is 9.84 Å². The number of carbonyl (C=O) groups is 1. The first-order valence-electron chi connectivity index (χ1n) is 9.35. The molecule has 3 N–H and O–H groups in total. The molecule has 3 aromatic rings. The van der Waals surface area contributed by atoms with Crippen molar-refractivity contribution in [1.82, 2.24) is 16.2 Å². The lowest BCUT2D eigenvalue weighted by molar-refractivity contribution is 0.0943. The van der Waals surface area contributed by atoms with E-state index in [0.29, 0.717) is 11.6 Å². The zero-order chi connectivity index (χ0) is 22.3. The van der Waals surface area contributed by atoms with Gasteiger partial charge in [0.15, 0.2) is 5.11 Å². The molecule has 0 radical (unpaired) electrons. The van der Waals surface area contributed by atoms with Crippen molar-refractivity contribution in [3.63, 3.8) is 0 Å². The lowest BCUT2D eigenvalue weighted by Gasteiger charge is -2.12. The molecule has 1 amide bonds. The predicted molar refractivity (Wildman–Crippen MR) is 125 cm³/mol. The van der Waals surface area contributed by atoms with Crippen molar-refractivity contribution in [2.24, 2.45) is 0 Å². The molecule has 0 aliphatic carbocycles. The van der Waals surface area contributed by atoms with Crippen molar-refractivity contribution in [2.45, 2.75) is 16.2 Å². The van der Waals surface area contributed by atoms with Gasteiger partial charge in [0.1, 0.15) is 0 Å². The molecule has 31 heavy (non-hydrogen) atoms. The van der Waals surface area contributed by atoms with Crippen LogP contribution in [0.4, 0.5) is 0 Å². The molecule has 0 atom stereocenters. The average molecular weight is 474 g/mol. The Morgan fingerprint density at radius 1 is 0.839 bits per heavy atom. The van der Waals surface area contributed by atoms with Gasteiger partial charge in [0.25, 0.3) is 5.91 Å². The number of hydrogen-bond donors (Lipinski definition) is 3. The Hall–Kier alpha value is -2.94. The smallest absolute Gasteiger partial charge is 0.269 e. The Morgan fingerprint density at radius 3 is 2.03 bits per heavy atom. The van der Waals surface area contributed by atoms with Crippen molar-refractivity contribution in [3.8, 4) is 0 Å². The molecule has 0 spiro atoms. The predicted octanol–water partition coefficient (Wildman–Crippen LogP) is 3.52. The number of benzene rings is 3. The van der Waals surface area contributed by atoms with Crippen LogP contribution in [0.1, 0.15) is 15.9 Å². The first-order valence-corrected chi connectivity index (χ1v) is 11.6. The van der Waals surface area contributed by atoms with E-state index in [2.05, 4.69) is 16.2 Å². The molecule has 9 heteroatoms. The van der Waals surface area contributed by atoms with Crippen LogP contribution in [0.15, 0.2) is 88.7 Å². The van der Waals surface area contributed by atoms with E-state index < -0.39 is 15.7 Å².